The zero-order valence-corrected chi connectivity index (χ0v) is 6.44. The molecule has 0 N–H and O–H groups in total. The van der Waals surface area contributed by atoms with Crippen LogP contribution in [0.1, 0.15) is 5.69 Å². The SMILES string of the molecule is C=C=c1c(=C)cc(C)n1C. The normalized spacial score (nSPS) is 9.40. The lowest BCUT2D eigenvalue weighted by atomic mass is 10.4. The van der Waals surface area contributed by atoms with Crippen molar-refractivity contribution in [1.29, 1.82) is 0 Å². The van der Waals surface area contributed by atoms with Gasteiger partial charge in [-0.15, -0.1) is 5.73 Å². The second kappa shape index (κ2) is 2.20. The molecule has 1 rings (SSSR count). The summed E-state index contributed by atoms with van der Waals surface area (Å²) in [5.41, 5.74) is 4.03. The fourth-order valence-corrected chi connectivity index (χ4v) is 1.04. The van der Waals surface area contributed by atoms with E-state index in [0.717, 1.165) is 10.6 Å². The van der Waals surface area contributed by atoms with Gasteiger partial charge >= 0.3 is 0 Å². The van der Waals surface area contributed by atoms with Crippen molar-refractivity contribution in [2.45, 2.75) is 6.92 Å². The molecule has 0 unspecified atom stereocenters. The molecule has 0 saturated heterocycles. The second-order valence-corrected chi connectivity index (χ2v) is 2.40. The predicted octanol–water partition coefficient (Wildman–Crippen LogP) is 0.309. The summed E-state index contributed by atoms with van der Waals surface area (Å²) in [6.07, 6.45) is 0. The monoisotopic (exact) mass is 133 g/mol. The molecule has 1 nitrogen and oxygen atoms in total. The van der Waals surface area contributed by atoms with Crippen LogP contribution in [0.25, 0.3) is 12.3 Å². The molecule has 0 aliphatic heterocycles. The Morgan fingerprint density at radius 1 is 1.60 bits per heavy atom. The molecule has 52 valence electrons. The minimum atomic E-state index is 0.984. The van der Waals surface area contributed by atoms with E-state index in [4.69, 9.17) is 0 Å². The largest absolute Gasteiger partial charge is 0.342 e. The first kappa shape index (κ1) is 6.91. The highest BCUT2D eigenvalue weighted by atomic mass is 14.9. The molecule has 0 aromatic carbocycles. The number of rotatable bonds is 0. The highest BCUT2D eigenvalue weighted by Crippen LogP contribution is 1.83. The van der Waals surface area contributed by atoms with E-state index in [1.54, 1.807) is 0 Å². The Kier molecular flexibility index (Phi) is 1.52. The first-order valence-corrected chi connectivity index (χ1v) is 3.18. The van der Waals surface area contributed by atoms with E-state index in [1.807, 2.05) is 24.6 Å². The van der Waals surface area contributed by atoms with Crippen LogP contribution in [0.5, 0.6) is 0 Å². The topological polar surface area (TPSA) is 4.93 Å². The quantitative estimate of drug-likeness (QED) is 0.480. The average Bonchev–Trinajstić information content (AvgIpc) is 2.09. The molecular weight excluding hydrogens is 122 g/mol. The molecule has 0 atom stereocenters. The maximum Gasteiger partial charge on any atom is 0.0901 e. The molecule has 1 heteroatoms. The van der Waals surface area contributed by atoms with Gasteiger partial charge in [0.15, 0.2) is 0 Å². The first-order valence-electron chi connectivity index (χ1n) is 3.18. The van der Waals surface area contributed by atoms with Crippen molar-refractivity contribution >= 4 is 12.3 Å². The van der Waals surface area contributed by atoms with Crippen LogP contribution in [0, 0.1) is 6.92 Å². The van der Waals surface area contributed by atoms with E-state index >= 15 is 0 Å². The zero-order chi connectivity index (χ0) is 7.72. The van der Waals surface area contributed by atoms with Crippen LogP contribution < -0.4 is 10.6 Å². The van der Waals surface area contributed by atoms with Crippen LogP contribution >= 0.6 is 0 Å². The molecule has 0 bridgehead atoms. The van der Waals surface area contributed by atoms with Gasteiger partial charge in [-0.2, -0.15) is 0 Å². The van der Waals surface area contributed by atoms with Gasteiger partial charge in [-0.3, -0.25) is 0 Å². The molecule has 1 heterocycles. The summed E-state index contributed by atoms with van der Waals surface area (Å²) in [6.45, 7) is 9.47. The van der Waals surface area contributed by atoms with Crippen molar-refractivity contribution in [2.75, 3.05) is 0 Å². The molecular formula is C9H11N. The lowest BCUT2D eigenvalue weighted by Gasteiger charge is -1.91. The van der Waals surface area contributed by atoms with Gasteiger partial charge in [-0.1, -0.05) is 13.2 Å². The number of nitrogens with zero attached hydrogens (tertiary/aromatic N) is 1. The van der Waals surface area contributed by atoms with Gasteiger partial charge in [0, 0.05) is 18.0 Å². The van der Waals surface area contributed by atoms with Crippen LogP contribution in [0.2, 0.25) is 0 Å². The second-order valence-electron chi connectivity index (χ2n) is 2.40. The average molecular weight is 133 g/mol. The van der Waals surface area contributed by atoms with E-state index in [0.29, 0.717) is 0 Å². The molecule has 0 radical (unpaired) electrons. The molecule has 10 heavy (non-hydrogen) atoms. The van der Waals surface area contributed by atoms with Crippen molar-refractivity contribution in [3.8, 4) is 0 Å². The van der Waals surface area contributed by atoms with Crippen molar-refractivity contribution < 1.29 is 0 Å². The van der Waals surface area contributed by atoms with Crippen molar-refractivity contribution in [1.82, 2.24) is 4.57 Å². The number of hydrogen-bond donors (Lipinski definition) is 0. The predicted molar refractivity (Wildman–Crippen MR) is 44.0 cm³/mol. The molecule has 0 aliphatic rings. The summed E-state index contributed by atoms with van der Waals surface area (Å²) in [6, 6.07) is 2.02. The van der Waals surface area contributed by atoms with E-state index < -0.39 is 0 Å². The van der Waals surface area contributed by atoms with E-state index in [9.17, 15) is 0 Å². The fraction of sp³-hybridized carbons (Fsp3) is 0.222. The highest BCUT2D eigenvalue weighted by Gasteiger charge is 1.92. The Morgan fingerprint density at radius 2 is 2.20 bits per heavy atom. The number of hydrogen-bond acceptors (Lipinski definition) is 0. The summed E-state index contributed by atoms with van der Waals surface area (Å²) < 4.78 is 2.02. The fourth-order valence-electron chi connectivity index (χ4n) is 1.04. The summed E-state index contributed by atoms with van der Waals surface area (Å²) >= 11 is 0. The maximum absolute atomic E-state index is 3.85. The zero-order valence-electron chi connectivity index (χ0n) is 6.44. The van der Waals surface area contributed by atoms with Crippen LogP contribution in [0.4, 0.5) is 0 Å². The van der Waals surface area contributed by atoms with E-state index in [-0.39, 0.29) is 0 Å². The Balaban J connectivity index is 3.84. The van der Waals surface area contributed by atoms with Crippen LogP contribution in [0.3, 0.4) is 0 Å². The standard InChI is InChI=1S/C9H11N/c1-5-9-7(2)6-8(3)10(9)4/h6H,1-2H2,3-4H3. The summed E-state index contributed by atoms with van der Waals surface area (Å²) in [4.78, 5) is 0. The highest BCUT2D eigenvalue weighted by molar-refractivity contribution is 5.21. The lowest BCUT2D eigenvalue weighted by molar-refractivity contribution is 0.851. The summed E-state index contributed by atoms with van der Waals surface area (Å²) in [7, 11) is 1.98. The van der Waals surface area contributed by atoms with Gasteiger partial charge in [0.05, 0.1) is 5.35 Å². The molecule has 0 fully saturated rings. The Bertz CT molecular complexity index is 364. The van der Waals surface area contributed by atoms with Crippen molar-refractivity contribution in [2.24, 2.45) is 7.05 Å². The molecule has 0 saturated carbocycles. The molecule has 1 aromatic heterocycles. The molecule has 0 amide bonds. The smallest absolute Gasteiger partial charge is 0.0901 e. The van der Waals surface area contributed by atoms with E-state index in [2.05, 4.69) is 18.9 Å². The van der Waals surface area contributed by atoms with Crippen LogP contribution in [-0.2, 0) is 7.05 Å². The van der Waals surface area contributed by atoms with Gasteiger partial charge in [-0.25, -0.2) is 0 Å². The third-order valence-corrected chi connectivity index (χ3v) is 1.72. The third-order valence-electron chi connectivity index (χ3n) is 1.72. The van der Waals surface area contributed by atoms with E-state index in [1.165, 1.54) is 5.69 Å². The summed E-state index contributed by atoms with van der Waals surface area (Å²) in [5.74, 6) is 0. The lowest BCUT2D eigenvalue weighted by Crippen LogP contribution is -2.24. The minimum Gasteiger partial charge on any atom is -0.342 e. The minimum absolute atomic E-state index is 0.984. The summed E-state index contributed by atoms with van der Waals surface area (Å²) in [5, 5.41) is 1.98. The van der Waals surface area contributed by atoms with Crippen molar-refractivity contribution in [3.63, 3.8) is 0 Å². The number of aryl methyl sites for hydroxylation is 1. The van der Waals surface area contributed by atoms with Gasteiger partial charge in [0.25, 0.3) is 0 Å². The Hall–Kier alpha value is -1.20. The Labute approximate surface area is 60.6 Å². The molecule has 1 aromatic rings. The molecule has 0 spiro atoms. The van der Waals surface area contributed by atoms with Crippen LogP contribution in [-0.4, -0.2) is 4.57 Å². The first-order chi connectivity index (χ1) is 4.66. The number of aromatic nitrogens is 1. The molecule has 0 aliphatic carbocycles. The Morgan fingerprint density at radius 3 is 2.40 bits per heavy atom. The maximum atomic E-state index is 3.85. The van der Waals surface area contributed by atoms with Gasteiger partial charge in [0.2, 0.25) is 0 Å². The van der Waals surface area contributed by atoms with Gasteiger partial charge in [-0.05, 0) is 13.0 Å². The third kappa shape index (κ3) is 0.810. The van der Waals surface area contributed by atoms with Gasteiger partial charge in [0.1, 0.15) is 0 Å². The van der Waals surface area contributed by atoms with Crippen LogP contribution in [0.15, 0.2) is 12.6 Å². The van der Waals surface area contributed by atoms with Crippen molar-refractivity contribution in [3.05, 3.63) is 28.9 Å². The van der Waals surface area contributed by atoms with Gasteiger partial charge < -0.3 is 4.57 Å².